The number of aromatic hydroxyl groups is 3. The number of phenols is 3. The summed E-state index contributed by atoms with van der Waals surface area (Å²) in [5.41, 5.74) is 0.966. The summed E-state index contributed by atoms with van der Waals surface area (Å²) in [6.45, 7) is 0.198. The van der Waals surface area contributed by atoms with Gasteiger partial charge in [-0.15, -0.1) is 0 Å². The fraction of sp³-hybridized carbons (Fsp3) is 0.250. The Kier molecular flexibility index (Phi) is 2.58. The molecule has 2 heterocycles. The van der Waals surface area contributed by atoms with Crippen molar-refractivity contribution in [1.29, 1.82) is 0 Å². The van der Waals surface area contributed by atoms with Gasteiger partial charge in [0.1, 0.15) is 23.7 Å². The highest BCUT2D eigenvalue weighted by Crippen LogP contribution is 2.50. The van der Waals surface area contributed by atoms with Crippen LogP contribution in [-0.2, 0) is 16.8 Å². The van der Waals surface area contributed by atoms with Crippen LogP contribution in [0.15, 0.2) is 30.3 Å². The molecule has 2 atom stereocenters. The molecule has 2 aliphatic heterocycles. The van der Waals surface area contributed by atoms with E-state index in [0.29, 0.717) is 23.3 Å². The summed E-state index contributed by atoms with van der Waals surface area (Å²) >= 11 is 0. The van der Waals surface area contributed by atoms with Gasteiger partial charge in [-0.05, 0) is 29.8 Å². The van der Waals surface area contributed by atoms with E-state index in [1.807, 2.05) is 0 Å². The molecule has 1 spiro atoms. The zero-order valence-electron chi connectivity index (χ0n) is 11.5. The molecule has 0 amide bonds. The average Bonchev–Trinajstić information content (AvgIpc) is 2.79. The molecule has 0 saturated carbocycles. The van der Waals surface area contributed by atoms with E-state index < -0.39 is 11.9 Å². The third-order valence-corrected chi connectivity index (χ3v) is 4.23. The number of aliphatic hydroxyl groups excluding tert-OH is 1. The lowest BCUT2D eigenvalue weighted by atomic mass is 9.84. The quantitative estimate of drug-likeness (QED) is 0.552. The van der Waals surface area contributed by atoms with Gasteiger partial charge in [-0.2, -0.15) is 0 Å². The van der Waals surface area contributed by atoms with Crippen LogP contribution in [0.5, 0.6) is 23.0 Å². The number of rotatable bonds is 0. The van der Waals surface area contributed by atoms with Crippen molar-refractivity contribution in [2.75, 3.05) is 6.61 Å². The maximum atomic E-state index is 10.3. The Morgan fingerprint density at radius 2 is 1.82 bits per heavy atom. The van der Waals surface area contributed by atoms with E-state index in [4.69, 9.17) is 9.47 Å². The molecule has 0 saturated heterocycles. The predicted molar refractivity (Wildman–Crippen MR) is 74.8 cm³/mol. The van der Waals surface area contributed by atoms with Crippen LogP contribution in [0.1, 0.15) is 23.0 Å². The van der Waals surface area contributed by atoms with E-state index in [2.05, 4.69) is 0 Å². The van der Waals surface area contributed by atoms with Crippen molar-refractivity contribution in [2.24, 2.45) is 0 Å². The monoisotopic (exact) mass is 302 g/mol. The number of phenolic OH excluding ortho intramolecular Hbond substituents is 3. The number of hydrogen-bond acceptors (Lipinski definition) is 6. The third kappa shape index (κ3) is 1.74. The van der Waals surface area contributed by atoms with E-state index in [0.717, 1.165) is 5.56 Å². The highest BCUT2D eigenvalue weighted by Gasteiger charge is 2.47. The number of aliphatic hydroxyl groups is 1. The third-order valence-electron chi connectivity index (χ3n) is 4.23. The molecule has 0 fully saturated rings. The summed E-state index contributed by atoms with van der Waals surface area (Å²) in [5, 5.41) is 39.0. The first kappa shape index (κ1) is 13.2. The largest absolute Gasteiger partial charge is 0.508 e. The smallest absolute Gasteiger partial charge is 0.182 e. The van der Waals surface area contributed by atoms with Crippen molar-refractivity contribution < 1.29 is 29.9 Å². The summed E-state index contributed by atoms with van der Waals surface area (Å²) in [7, 11) is 0. The molecule has 0 bridgehead atoms. The fourth-order valence-electron chi connectivity index (χ4n) is 3.17. The van der Waals surface area contributed by atoms with E-state index in [9.17, 15) is 20.4 Å². The van der Waals surface area contributed by atoms with Gasteiger partial charge in [-0.3, -0.25) is 0 Å². The summed E-state index contributed by atoms with van der Waals surface area (Å²) in [6.07, 6.45) is -0.857. The highest BCUT2D eigenvalue weighted by atomic mass is 16.6. The molecule has 2 aromatic carbocycles. The van der Waals surface area contributed by atoms with E-state index in [1.54, 1.807) is 6.07 Å². The van der Waals surface area contributed by atoms with E-state index >= 15 is 0 Å². The number of fused-ring (bicyclic) bond motifs is 3. The minimum Gasteiger partial charge on any atom is -0.508 e. The minimum atomic E-state index is -1.24. The molecule has 2 aromatic rings. The summed E-state index contributed by atoms with van der Waals surface area (Å²) in [6, 6.07) is 7.47. The Bertz CT molecular complexity index is 771. The van der Waals surface area contributed by atoms with Gasteiger partial charge >= 0.3 is 0 Å². The number of ether oxygens (including phenoxy) is 2. The first-order chi connectivity index (χ1) is 10.5. The van der Waals surface area contributed by atoms with Crippen molar-refractivity contribution in [3.8, 4) is 23.0 Å². The molecule has 6 heteroatoms. The average molecular weight is 302 g/mol. The lowest BCUT2D eigenvalue weighted by Crippen LogP contribution is -2.39. The Morgan fingerprint density at radius 3 is 2.64 bits per heavy atom. The van der Waals surface area contributed by atoms with Crippen LogP contribution in [0.3, 0.4) is 0 Å². The molecular weight excluding hydrogens is 288 g/mol. The second-order valence-electron chi connectivity index (χ2n) is 5.65. The molecule has 4 rings (SSSR count). The molecule has 0 aromatic heterocycles. The Balaban J connectivity index is 1.83. The van der Waals surface area contributed by atoms with Gasteiger partial charge in [-0.25, -0.2) is 0 Å². The van der Waals surface area contributed by atoms with Crippen LogP contribution < -0.4 is 4.74 Å². The zero-order valence-corrected chi connectivity index (χ0v) is 11.5. The molecule has 114 valence electrons. The zero-order chi connectivity index (χ0) is 15.5. The first-order valence-corrected chi connectivity index (χ1v) is 6.85. The van der Waals surface area contributed by atoms with Gasteiger partial charge in [0, 0.05) is 23.6 Å². The van der Waals surface area contributed by atoms with Crippen LogP contribution >= 0.6 is 0 Å². The lowest BCUT2D eigenvalue weighted by molar-refractivity contribution is -0.208. The normalized spacial score (nSPS) is 25.6. The van der Waals surface area contributed by atoms with Crippen molar-refractivity contribution >= 4 is 0 Å². The second kappa shape index (κ2) is 4.28. The Labute approximate surface area is 125 Å². The van der Waals surface area contributed by atoms with Crippen LogP contribution in [-0.4, -0.2) is 27.0 Å². The van der Waals surface area contributed by atoms with Gasteiger partial charge in [0.15, 0.2) is 17.8 Å². The van der Waals surface area contributed by atoms with Crippen LogP contribution in [0.25, 0.3) is 0 Å². The topological polar surface area (TPSA) is 99.4 Å². The minimum absolute atomic E-state index is 0.0927. The number of benzene rings is 2. The van der Waals surface area contributed by atoms with Crippen molar-refractivity contribution in [3.05, 3.63) is 47.0 Å². The maximum absolute atomic E-state index is 10.3. The Hall–Kier alpha value is -2.44. The predicted octanol–water partition coefficient (Wildman–Crippen LogP) is 1.65. The summed E-state index contributed by atoms with van der Waals surface area (Å²) < 4.78 is 11.4. The van der Waals surface area contributed by atoms with E-state index in [1.165, 1.54) is 24.3 Å². The number of hydrogen-bond donors (Lipinski definition) is 4. The fourth-order valence-corrected chi connectivity index (χ4v) is 3.17. The molecule has 22 heavy (non-hydrogen) atoms. The molecule has 2 aliphatic rings. The van der Waals surface area contributed by atoms with Gasteiger partial charge in [0.25, 0.3) is 0 Å². The first-order valence-electron chi connectivity index (χ1n) is 6.85. The SMILES string of the molecule is Oc1ccc2c(c1)OC[C@]21Cc2cc(O)c(O)cc2[C@@H](O)O1. The van der Waals surface area contributed by atoms with Crippen LogP contribution in [0.4, 0.5) is 0 Å². The highest BCUT2D eigenvalue weighted by molar-refractivity contribution is 5.51. The molecule has 6 nitrogen and oxygen atoms in total. The molecule has 0 aliphatic carbocycles. The molecule has 0 radical (unpaired) electrons. The van der Waals surface area contributed by atoms with Crippen LogP contribution in [0, 0.1) is 0 Å². The van der Waals surface area contributed by atoms with Gasteiger partial charge < -0.3 is 29.9 Å². The van der Waals surface area contributed by atoms with Gasteiger partial charge in [-0.1, -0.05) is 0 Å². The van der Waals surface area contributed by atoms with Crippen molar-refractivity contribution in [3.63, 3.8) is 0 Å². The molecular formula is C16H14O6. The maximum Gasteiger partial charge on any atom is 0.182 e. The second-order valence-corrected chi connectivity index (χ2v) is 5.65. The van der Waals surface area contributed by atoms with Crippen molar-refractivity contribution in [2.45, 2.75) is 18.3 Å². The lowest BCUT2D eigenvalue weighted by Gasteiger charge is -2.37. The summed E-state index contributed by atoms with van der Waals surface area (Å²) in [5.74, 6) is 0.0620. The molecule has 4 N–H and O–H groups in total. The molecule has 0 unspecified atom stereocenters. The summed E-state index contributed by atoms with van der Waals surface area (Å²) in [4.78, 5) is 0. The van der Waals surface area contributed by atoms with Gasteiger partial charge in [0.2, 0.25) is 0 Å². The Morgan fingerprint density at radius 1 is 1.05 bits per heavy atom. The van der Waals surface area contributed by atoms with Crippen LogP contribution in [0.2, 0.25) is 0 Å². The van der Waals surface area contributed by atoms with Gasteiger partial charge in [0.05, 0.1) is 0 Å². The standard InChI is InChI=1S/C16H14O6/c17-9-1-2-11-14(4-9)21-7-16(11)6-8-3-12(18)13(19)5-10(8)15(20)22-16/h1-5,15,17-20H,6-7H2/t15-,16+/m0/s1. The van der Waals surface area contributed by atoms with Crippen molar-refractivity contribution in [1.82, 2.24) is 0 Å². The van der Waals surface area contributed by atoms with E-state index in [-0.39, 0.29) is 23.9 Å².